The molecule has 0 heterocycles. The van der Waals surface area contributed by atoms with Crippen molar-refractivity contribution in [3.63, 3.8) is 0 Å². The zero-order valence-electron chi connectivity index (χ0n) is 24.2. The summed E-state index contributed by atoms with van der Waals surface area (Å²) in [6, 6.07) is 0. The highest BCUT2D eigenvalue weighted by Crippen LogP contribution is 2.24. The van der Waals surface area contributed by atoms with Crippen LogP contribution < -0.4 is 11.5 Å². The lowest BCUT2D eigenvalue weighted by atomic mass is 9.82. The fraction of sp³-hybridized carbons (Fsp3) is 0.933. The predicted octanol–water partition coefficient (Wildman–Crippen LogP) is 7.66. The van der Waals surface area contributed by atoms with Crippen LogP contribution in [0.2, 0.25) is 0 Å². The number of rotatable bonds is 25. The van der Waals surface area contributed by atoms with Gasteiger partial charge in [0.2, 0.25) is 0 Å². The van der Waals surface area contributed by atoms with Crippen molar-refractivity contribution >= 4 is 11.9 Å². The van der Waals surface area contributed by atoms with Crippen LogP contribution in [0, 0.1) is 11.8 Å². The number of aliphatic carboxylic acids is 2. The second-order valence-corrected chi connectivity index (χ2v) is 11.9. The molecule has 2 atom stereocenters. The monoisotopic (exact) mass is 512 g/mol. The first-order valence-corrected chi connectivity index (χ1v) is 15.0. The number of carboxylic acid groups (broad SMARTS) is 2. The van der Waals surface area contributed by atoms with Crippen molar-refractivity contribution in [1.82, 2.24) is 0 Å². The normalized spacial score (nSPS) is 15.2. The molecule has 0 radical (unpaired) electrons. The number of unbranched alkanes of at least 4 members (excludes halogenated alkanes) is 17. The van der Waals surface area contributed by atoms with Crippen LogP contribution in [0.1, 0.15) is 156 Å². The van der Waals surface area contributed by atoms with Gasteiger partial charge in [-0.05, 0) is 24.7 Å². The van der Waals surface area contributed by atoms with E-state index in [9.17, 15) is 19.8 Å². The second kappa shape index (κ2) is 19.9. The number of nitrogens with two attached hydrogens (primary N) is 2. The van der Waals surface area contributed by atoms with Gasteiger partial charge in [-0.3, -0.25) is 9.59 Å². The van der Waals surface area contributed by atoms with Gasteiger partial charge in [-0.25, -0.2) is 0 Å². The Morgan fingerprint density at radius 3 is 0.778 bits per heavy atom. The lowest BCUT2D eigenvalue weighted by Crippen LogP contribution is -2.52. The van der Waals surface area contributed by atoms with E-state index in [1.54, 1.807) is 0 Å². The zero-order valence-corrected chi connectivity index (χ0v) is 24.2. The van der Waals surface area contributed by atoms with Crippen LogP contribution in [0.3, 0.4) is 0 Å². The molecule has 0 aromatic heterocycles. The number of hydrogen-bond acceptors (Lipinski definition) is 4. The van der Waals surface area contributed by atoms with Crippen LogP contribution in [-0.4, -0.2) is 33.2 Å². The Bertz CT molecular complexity index is 531. The Hall–Kier alpha value is -1.14. The molecule has 0 aromatic carbocycles. The standard InChI is InChI=1S/C30H60N2O4/c1-25(2)29(31,27(33)34)23-21-19-17-15-13-11-9-7-5-6-8-10-12-14-16-18-20-22-24-30(32,26(3)4)28(35)36/h25-26H,5-24,31-32H2,1-4H3,(H,33,34)(H,35,36)/t29-,30-/m0/s1. The van der Waals surface area contributed by atoms with E-state index in [1.807, 2.05) is 27.7 Å². The molecule has 0 bridgehead atoms. The highest BCUT2D eigenvalue weighted by molar-refractivity contribution is 5.79. The first kappa shape index (κ1) is 34.9. The molecule has 0 unspecified atom stereocenters. The second-order valence-electron chi connectivity index (χ2n) is 11.9. The zero-order chi connectivity index (χ0) is 27.5. The third-order valence-corrected chi connectivity index (χ3v) is 8.29. The molecular weight excluding hydrogens is 452 g/mol. The summed E-state index contributed by atoms with van der Waals surface area (Å²) in [4.78, 5) is 22.8. The van der Waals surface area contributed by atoms with Gasteiger partial charge < -0.3 is 21.7 Å². The Kier molecular flexibility index (Phi) is 19.3. The molecule has 0 saturated heterocycles. The minimum absolute atomic E-state index is 0.0405. The molecule has 0 aliphatic carbocycles. The van der Waals surface area contributed by atoms with Gasteiger partial charge in [0.25, 0.3) is 0 Å². The smallest absolute Gasteiger partial charge is 0.323 e. The molecule has 36 heavy (non-hydrogen) atoms. The van der Waals surface area contributed by atoms with Crippen LogP contribution in [0.5, 0.6) is 0 Å². The van der Waals surface area contributed by atoms with E-state index in [2.05, 4.69) is 0 Å². The molecule has 0 amide bonds. The first-order chi connectivity index (χ1) is 17.0. The van der Waals surface area contributed by atoms with Gasteiger partial charge in [-0.1, -0.05) is 143 Å². The average molecular weight is 513 g/mol. The largest absolute Gasteiger partial charge is 0.480 e. The van der Waals surface area contributed by atoms with E-state index < -0.39 is 23.0 Å². The fourth-order valence-electron chi connectivity index (χ4n) is 4.95. The maximum atomic E-state index is 11.4. The third kappa shape index (κ3) is 14.6. The Balaban J connectivity index is 3.42. The molecule has 0 saturated carbocycles. The quantitative estimate of drug-likeness (QED) is 0.0930. The lowest BCUT2D eigenvalue weighted by molar-refractivity contribution is -0.146. The minimum Gasteiger partial charge on any atom is -0.480 e. The van der Waals surface area contributed by atoms with Crippen molar-refractivity contribution < 1.29 is 19.8 Å². The molecule has 6 nitrogen and oxygen atoms in total. The van der Waals surface area contributed by atoms with E-state index in [0.717, 1.165) is 25.7 Å². The van der Waals surface area contributed by atoms with Crippen molar-refractivity contribution in [2.75, 3.05) is 0 Å². The van der Waals surface area contributed by atoms with Crippen LogP contribution in [0.4, 0.5) is 0 Å². The molecule has 214 valence electrons. The summed E-state index contributed by atoms with van der Waals surface area (Å²) >= 11 is 0. The van der Waals surface area contributed by atoms with Crippen molar-refractivity contribution in [2.24, 2.45) is 23.3 Å². The van der Waals surface area contributed by atoms with Crippen LogP contribution in [0.25, 0.3) is 0 Å². The Morgan fingerprint density at radius 1 is 0.472 bits per heavy atom. The lowest BCUT2D eigenvalue weighted by Gasteiger charge is -2.28. The fourth-order valence-corrected chi connectivity index (χ4v) is 4.95. The van der Waals surface area contributed by atoms with Gasteiger partial charge in [-0.15, -0.1) is 0 Å². The molecule has 6 heteroatoms. The van der Waals surface area contributed by atoms with Crippen molar-refractivity contribution in [1.29, 1.82) is 0 Å². The van der Waals surface area contributed by atoms with Crippen LogP contribution >= 0.6 is 0 Å². The van der Waals surface area contributed by atoms with Crippen molar-refractivity contribution in [3.8, 4) is 0 Å². The summed E-state index contributed by atoms with van der Waals surface area (Å²) in [6.07, 6.45) is 23.2. The summed E-state index contributed by atoms with van der Waals surface area (Å²) in [7, 11) is 0. The van der Waals surface area contributed by atoms with Gasteiger partial charge in [0, 0.05) is 0 Å². The summed E-state index contributed by atoms with van der Waals surface area (Å²) in [5, 5.41) is 18.7. The molecule has 0 rings (SSSR count). The maximum absolute atomic E-state index is 11.4. The molecule has 0 aliphatic heterocycles. The van der Waals surface area contributed by atoms with Gasteiger partial charge in [0.05, 0.1) is 0 Å². The third-order valence-electron chi connectivity index (χ3n) is 8.29. The average Bonchev–Trinajstić information content (AvgIpc) is 2.81. The first-order valence-electron chi connectivity index (χ1n) is 15.0. The molecular formula is C30H60N2O4. The summed E-state index contributed by atoms with van der Waals surface area (Å²) in [5.41, 5.74) is 9.99. The number of carbonyl (C=O) groups is 2. The maximum Gasteiger partial charge on any atom is 0.323 e. The van der Waals surface area contributed by atoms with Crippen molar-refractivity contribution in [3.05, 3.63) is 0 Å². The van der Waals surface area contributed by atoms with Gasteiger partial charge in [-0.2, -0.15) is 0 Å². The van der Waals surface area contributed by atoms with E-state index >= 15 is 0 Å². The SMILES string of the molecule is CC(C)[C@@](N)(CCCCCCCCCCCCCCCCCCCC[C@@](N)(C(=O)O)C(C)C)C(=O)O. The Labute approximate surface area is 222 Å². The van der Waals surface area contributed by atoms with Crippen molar-refractivity contribution in [2.45, 2.75) is 167 Å². The van der Waals surface area contributed by atoms with E-state index in [4.69, 9.17) is 11.5 Å². The van der Waals surface area contributed by atoms with Gasteiger partial charge in [0.1, 0.15) is 11.1 Å². The van der Waals surface area contributed by atoms with Gasteiger partial charge in [0.15, 0.2) is 0 Å². The molecule has 0 fully saturated rings. The molecule has 0 aromatic rings. The van der Waals surface area contributed by atoms with Gasteiger partial charge >= 0.3 is 11.9 Å². The topological polar surface area (TPSA) is 127 Å². The molecule has 6 N–H and O–H groups in total. The van der Waals surface area contributed by atoms with E-state index in [-0.39, 0.29) is 11.8 Å². The summed E-state index contributed by atoms with van der Waals surface area (Å²) in [6.45, 7) is 7.57. The molecule has 0 spiro atoms. The van der Waals surface area contributed by atoms with Crippen LogP contribution in [-0.2, 0) is 9.59 Å². The summed E-state index contributed by atoms with van der Waals surface area (Å²) in [5.74, 6) is -1.82. The molecule has 0 aliphatic rings. The van der Waals surface area contributed by atoms with E-state index in [0.29, 0.717) is 12.8 Å². The predicted molar refractivity (Wildman–Crippen MR) is 151 cm³/mol. The highest BCUT2D eigenvalue weighted by Gasteiger charge is 2.37. The highest BCUT2D eigenvalue weighted by atomic mass is 16.4. The minimum atomic E-state index is -1.07. The Morgan fingerprint density at radius 2 is 0.639 bits per heavy atom. The number of carboxylic acids is 2. The van der Waals surface area contributed by atoms with Crippen LogP contribution in [0.15, 0.2) is 0 Å². The number of hydrogen-bond donors (Lipinski definition) is 4. The van der Waals surface area contributed by atoms with E-state index in [1.165, 1.54) is 89.9 Å². The summed E-state index contributed by atoms with van der Waals surface area (Å²) < 4.78 is 0.